The smallest absolute Gasteiger partial charge is 0.153 e. The zero-order valence-corrected chi connectivity index (χ0v) is 8.74. The Morgan fingerprint density at radius 2 is 1.87 bits per heavy atom. The highest BCUT2D eigenvalue weighted by Gasteiger charge is 2.59. The van der Waals surface area contributed by atoms with E-state index in [1.165, 1.54) is 5.56 Å². The van der Waals surface area contributed by atoms with Gasteiger partial charge in [0.25, 0.3) is 0 Å². The summed E-state index contributed by atoms with van der Waals surface area (Å²) in [4.78, 5) is 0. The Bertz CT molecular complexity index is 464. The molecule has 2 nitrogen and oxygen atoms in total. The third kappa shape index (κ3) is 1.13. The maximum atomic E-state index is 9.67. The van der Waals surface area contributed by atoms with Crippen LogP contribution in [0.25, 0.3) is 0 Å². The lowest BCUT2D eigenvalue weighted by molar-refractivity contribution is 0.323. The minimum Gasteiger partial charge on any atom is -0.507 e. The summed E-state index contributed by atoms with van der Waals surface area (Å²) in [6.45, 7) is 0. The molecule has 1 aliphatic heterocycles. The van der Waals surface area contributed by atoms with Crippen LogP contribution in [0, 0.1) is 0 Å². The van der Waals surface area contributed by atoms with Gasteiger partial charge >= 0.3 is 0 Å². The highest BCUT2D eigenvalue weighted by Crippen LogP contribution is 2.66. The molecule has 0 spiro atoms. The average Bonchev–Trinajstić information content (AvgIpc) is 3.02. The molecule has 1 fully saturated rings. The number of hydrogen-bond donors (Lipinski definition) is 2. The van der Waals surface area contributed by atoms with Crippen LogP contribution in [0.5, 0.6) is 0 Å². The predicted molar refractivity (Wildman–Crippen MR) is 60.9 cm³/mol. The van der Waals surface area contributed by atoms with Gasteiger partial charge in [0.2, 0.25) is 0 Å². The second kappa shape index (κ2) is 2.83. The van der Waals surface area contributed by atoms with Crippen LogP contribution in [0.2, 0.25) is 0 Å². The van der Waals surface area contributed by atoms with Gasteiger partial charge in [0.05, 0.1) is 10.00 Å². The van der Waals surface area contributed by atoms with Crippen molar-refractivity contribution < 1.29 is 10.2 Å². The molecule has 2 aliphatic rings. The van der Waals surface area contributed by atoms with Crippen molar-refractivity contribution in [3.05, 3.63) is 59.6 Å². The van der Waals surface area contributed by atoms with Crippen molar-refractivity contribution in [2.45, 2.75) is 10.00 Å². The Hall–Kier alpha value is -1.35. The molecular weight excluding hydrogens is 208 g/mol. The normalized spacial score (nSPS) is 32.7. The van der Waals surface area contributed by atoms with E-state index in [4.69, 9.17) is 0 Å². The molecule has 76 valence electrons. The van der Waals surface area contributed by atoms with E-state index in [-0.39, 0.29) is 21.5 Å². The Morgan fingerprint density at radius 1 is 1.13 bits per heavy atom. The fraction of sp³-hybridized carbons (Fsp3) is 0.167. The van der Waals surface area contributed by atoms with Gasteiger partial charge in [-0.05, 0) is 11.6 Å². The number of rotatable bonds is 1. The lowest BCUT2D eigenvalue weighted by Gasteiger charge is -2.14. The molecular formula is C12H10O2S. The zero-order valence-electron chi connectivity index (χ0n) is 7.92. The molecule has 0 amide bonds. The number of aliphatic hydroxyl groups is 2. The van der Waals surface area contributed by atoms with E-state index < -0.39 is 0 Å². The molecule has 2 atom stereocenters. The van der Waals surface area contributed by atoms with Crippen molar-refractivity contribution in [2.75, 3.05) is 0 Å². The average molecular weight is 218 g/mol. The second-order valence-corrected chi connectivity index (χ2v) is 5.14. The number of fused-ring (bicyclic) bond motifs is 1. The summed E-state index contributed by atoms with van der Waals surface area (Å²) in [5.41, 5.74) is 1.18. The maximum absolute atomic E-state index is 9.67. The summed E-state index contributed by atoms with van der Waals surface area (Å²) in [6, 6.07) is 10.0. The van der Waals surface area contributed by atoms with Gasteiger partial charge < -0.3 is 10.2 Å². The molecule has 3 heteroatoms. The van der Waals surface area contributed by atoms with E-state index >= 15 is 0 Å². The third-order valence-electron chi connectivity index (χ3n) is 2.87. The number of aliphatic hydroxyl groups excluding tert-OH is 2. The standard InChI is InChI=1S/C12H10O2S/c13-9-6-7-12(11(15-12)10(9)14)8-4-2-1-3-5-8/h1-7,11,13-14H. The summed E-state index contributed by atoms with van der Waals surface area (Å²) in [5.74, 6) is 0.0999. The number of thioether (sulfide) groups is 1. The van der Waals surface area contributed by atoms with Crippen molar-refractivity contribution >= 4 is 11.8 Å². The summed E-state index contributed by atoms with van der Waals surface area (Å²) in [6.07, 6.45) is 3.55. The SMILES string of the molecule is OC1=C(O)C2SC2(c2ccccc2)C=C1. The topological polar surface area (TPSA) is 40.5 Å². The van der Waals surface area contributed by atoms with Crippen LogP contribution in [0.4, 0.5) is 0 Å². The van der Waals surface area contributed by atoms with Crippen molar-refractivity contribution in [3.63, 3.8) is 0 Å². The van der Waals surface area contributed by atoms with Gasteiger partial charge in [0.1, 0.15) is 5.76 Å². The van der Waals surface area contributed by atoms with E-state index in [1.807, 2.05) is 36.4 Å². The van der Waals surface area contributed by atoms with Crippen LogP contribution < -0.4 is 0 Å². The van der Waals surface area contributed by atoms with E-state index in [9.17, 15) is 10.2 Å². The fourth-order valence-electron chi connectivity index (χ4n) is 1.98. The van der Waals surface area contributed by atoms with Crippen LogP contribution in [0.3, 0.4) is 0 Å². The quantitative estimate of drug-likeness (QED) is 0.712. The molecule has 0 saturated carbocycles. The minimum absolute atomic E-state index is 0.00319. The molecule has 1 heterocycles. The van der Waals surface area contributed by atoms with Gasteiger partial charge in [-0.25, -0.2) is 0 Å². The van der Waals surface area contributed by atoms with E-state index in [0.717, 1.165) is 0 Å². The van der Waals surface area contributed by atoms with Crippen LogP contribution >= 0.6 is 11.8 Å². The molecule has 0 radical (unpaired) electrons. The molecule has 1 aliphatic carbocycles. The monoisotopic (exact) mass is 218 g/mol. The largest absolute Gasteiger partial charge is 0.507 e. The predicted octanol–water partition coefficient (Wildman–Crippen LogP) is 2.89. The first-order chi connectivity index (χ1) is 7.24. The first-order valence-corrected chi connectivity index (χ1v) is 5.67. The van der Waals surface area contributed by atoms with Crippen molar-refractivity contribution in [3.8, 4) is 0 Å². The molecule has 15 heavy (non-hydrogen) atoms. The van der Waals surface area contributed by atoms with Crippen LogP contribution in [-0.4, -0.2) is 15.5 Å². The van der Waals surface area contributed by atoms with Crippen molar-refractivity contribution in [1.29, 1.82) is 0 Å². The van der Waals surface area contributed by atoms with E-state index in [0.29, 0.717) is 0 Å². The fourth-order valence-corrected chi connectivity index (χ4v) is 3.28. The highest BCUT2D eigenvalue weighted by atomic mass is 32.2. The zero-order chi connectivity index (χ0) is 10.5. The third-order valence-corrected chi connectivity index (χ3v) is 4.44. The highest BCUT2D eigenvalue weighted by molar-refractivity contribution is 8.08. The van der Waals surface area contributed by atoms with Gasteiger partial charge in [-0.2, -0.15) is 0 Å². The molecule has 3 rings (SSSR count). The Kier molecular flexibility index (Phi) is 1.68. The Balaban J connectivity index is 2.03. The summed E-state index contributed by atoms with van der Waals surface area (Å²) < 4.78 is -0.141. The molecule has 1 saturated heterocycles. The number of benzene rings is 1. The van der Waals surface area contributed by atoms with Gasteiger partial charge in [-0.3, -0.25) is 0 Å². The Labute approximate surface area is 91.9 Å². The van der Waals surface area contributed by atoms with Gasteiger partial charge in [-0.1, -0.05) is 36.4 Å². The van der Waals surface area contributed by atoms with Crippen LogP contribution in [0.15, 0.2) is 54.0 Å². The van der Waals surface area contributed by atoms with E-state index in [1.54, 1.807) is 17.8 Å². The first-order valence-electron chi connectivity index (χ1n) is 4.79. The summed E-state index contributed by atoms with van der Waals surface area (Å²) >= 11 is 1.66. The molecule has 0 bridgehead atoms. The molecule has 2 N–H and O–H groups in total. The minimum atomic E-state index is -0.141. The molecule has 2 unspecified atom stereocenters. The first kappa shape index (κ1) is 8.92. The van der Waals surface area contributed by atoms with Crippen molar-refractivity contribution in [2.24, 2.45) is 0 Å². The molecule has 0 aromatic heterocycles. The second-order valence-electron chi connectivity index (χ2n) is 3.76. The molecule has 1 aromatic rings. The lowest BCUT2D eigenvalue weighted by atomic mass is 9.91. The Morgan fingerprint density at radius 3 is 2.60 bits per heavy atom. The summed E-state index contributed by atoms with van der Waals surface area (Å²) in [5, 5.41) is 19.0. The molecule has 1 aromatic carbocycles. The van der Waals surface area contributed by atoms with Crippen LogP contribution in [0.1, 0.15) is 5.56 Å². The summed E-state index contributed by atoms with van der Waals surface area (Å²) in [7, 11) is 0. The van der Waals surface area contributed by atoms with Gasteiger partial charge in [-0.15, -0.1) is 11.8 Å². The maximum Gasteiger partial charge on any atom is 0.153 e. The van der Waals surface area contributed by atoms with Crippen LogP contribution in [-0.2, 0) is 4.75 Å². The van der Waals surface area contributed by atoms with Crippen molar-refractivity contribution in [1.82, 2.24) is 0 Å². The lowest BCUT2D eigenvalue weighted by Crippen LogP contribution is -2.15. The van der Waals surface area contributed by atoms with Gasteiger partial charge in [0.15, 0.2) is 5.76 Å². The van der Waals surface area contributed by atoms with Gasteiger partial charge in [0, 0.05) is 0 Å². The van der Waals surface area contributed by atoms with E-state index in [2.05, 4.69) is 0 Å². The number of hydrogen-bond acceptors (Lipinski definition) is 3. The number of allylic oxidation sites excluding steroid dienone is 1.